The van der Waals surface area contributed by atoms with Gasteiger partial charge in [0.2, 0.25) is 5.91 Å². The maximum Gasteiger partial charge on any atom is 0.225 e. The first-order valence-electron chi connectivity index (χ1n) is 14.9. The van der Waals surface area contributed by atoms with Crippen LogP contribution in [0.15, 0.2) is 40.1 Å². The molecular formula is C31H49N3O2. The Hall–Kier alpha value is -1.88. The lowest BCUT2D eigenvalue weighted by Crippen LogP contribution is -2.41. The molecule has 36 heavy (non-hydrogen) atoms. The zero-order chi connectivity index (χ0) is 25.3. The van der Waals surface area contributed by atoms with E-state index in [1.54, 1.807) is 0 Å². The van der Waals surface area contributed by atoms with Gasteiger partial charge in [0.05, 0.1) is 0 Å². The van der Waals surface area contributed by atoms with Crippen LogP contribution in [0.25, 0.3) is 0 Å². The zero-order valence-electron chi connectivity index (χ0n) is 23.1. The van der Waals surface area contributed by atoms with Crippen molar-refractivity contribution < 1.29 is 9.53 Å². The molecule has 0 radical (unpaired) electrons. The quantitative estimate of drug-likeness (QED) is 0.376. The highest BCUT2D eigenvalue weighted by Gasteiger charge is 2.32. The van der Waals surface area contributed by atoms with Crippen LogP contribution in [0.5, 0.6) is 0 Å². The molecule has 0 aromatic heterocycles. The molecule has 2 saturated heterocycles. The summed E-state index contributed by atoms with van der Waals surface area (Å²) in [4.78, 5) is 22.1. The largest absolute Gasteiger partial charge is 0.488 e. The highest BCUT2D eigenvalue weighted by molar-refractivity contribution is 6.14. The van der Waals surface area contributed by atoms with Crippen LogP contribution in [0, 0.1) is 11.8 Å². The van der Waals surface area contributed by atoms with Gasteiger partial charge in [-0.1, -0.05) is 26.3 Å². The Morgan fingerprint density at radius 2 is 1.75 bits per heavy atom. The molecule has 200 valence electrons. The molecule has 4 rings (SSSR count). The van der Waals surface area contributed by atoms with Crippen LogP contribution in [0.1, 0.15) is 90.9 Å². The minimum Gasteiger partial charge on any atom is -0.488 e. The minimum atomic E-state index is 0.270. The van der Waals surface area contributed by atoms with Crippen LogP contribution in [0.2, 0.25) is 0 Å². The SMILES string of the molecule is CC/C=C1/C=C(CCCC)C=C(OC2CCN(CC3CCC(C(=O)N4CCCC4)CC3)CC2)C1=NC. The molecule has 0 aromatic carbocycles. The highest BCUT2D eigenvalue weighted by Crippen LogP contribution is 2.33. The second kappa shape index (κ2) is 13.6. The monoisotopic (exact) mass is 495 g/mol. The molecule has 3 fully saturated rings. The molecule has 2 aliphatic carbocycles. The molecule has 2 heterocycles. The fourth-order valence-electron chi connectivity index (χ4n) is 6.46. The summed E-state index contributed by atoms with van der Waals surface area (Å²) in [5.74, 6) is 2.46. The molecule has 1 amide bonds. The molecule has 2 aliphatic heterocycles. The smallest absolute Gasteiger partial charge is 0.225 e. The Kier molecular flexibility index (Phi) is 10.3. The van der Waals surface area contributed by atoms with E-state index in [0.29, 0.717) is 11.8 Å². The number of nitrogens with zero attached hydrogens (tertiary/aromatic N) is 3. The van der Waals surface area contributed by atoms with Crippen LogP contribution in [-0.4, -0.2) is 67.3 Å². The second-order valence-electron chi connectivity index (χ2n) is 11.3. The predicted molar refractivity (Wildman–Crippen MR) is 149 cm³/mol. The number of amides is 1. The summed E-state index contributed by atoms with van der Waals surface area (Å²) in [6.45, 7) is 9.83. The summed E-state index contributed by atoms with van der Waals surface area (Å²) < 4.78 is 6.63. The molecule has 0 atom stereocenters. The number of allylic oxidation sites excluding steroid dienone is 5. The zero-order valence-corrected chi connectivity index (χ0v) is 23.1. The van der Waals surface area contributed by atoms with Crippen molar-refractivity contribution in [2.45, 2.75) is 97.0 Å². The van der Waals surface area contributed by atoms with Gasteiger partial charge in [-0.2, -0.15) is 0 Å². The Morgan fingerprint density at radius 3 is 2.39 bits per heavy atom. The highest BCUT2D eigenvalue weighted by atomic mass is 16.5. The van der Waals surface area contributed by atoms with Crippen LogP contribution < -0.4 is 0 Å². The maximum absolute atomic E-state index is 12.8. The van der Waals surface area contributed by atoms with Crippen molar-refractivity contribution in [2.75, 3.05) is 39.8 Å². The second-order valence-corrected chi connectivity index (χ2v) is 11.3. The van der Waals surface area contributed by atoms with Crippen molar-refractivity contribution in [1.29, 1.82) is 0 Å². The fraction of sp³-hybridized carbons (Fsp3) is 0.742. The summed E-state index contributed by atoms with van der Waals surface area (Å²) in [6.07, 6.45) is 20.8. The molecule has 5 heteroatoms. The predicted octanol–water partition coefficient (Wildman–Crippen LogP) is 6.32. The van der Waals surface area contributed by atoms with Crippen molar-refractivity contribution in [3.8, 4) is 0 Å². The Balaban J connectivity index is 1.24. The summed E-state index contributed by atoms with van der Waals surface area (Å²) in [7, 11) is 1.89. The lowest BCUT2D eigenvalue weighted by atomic mass is 9.81. The van der Waals surface area contributed by atoms with Gasteiger partial charge < -0.3 is 14.5 Å². The number of piperidine rings is 1. The fourth-order valence-corrected chi connectivity index (χ4v) is 6.46. The normalized spacial score (nSPS) is 28.5. The third kappa shape index (κ3) is 7.12. The standard InChI is InChI=1S/C31H49N3O2/c1-4-6-10-25-21-27(9-5-2)30(32-3)29(22-25)36-28-15-19-33(20-16-28)23-24-11-13-26(14-12-24)31(35)34-17-7-8-18-34/h9,21-22,24,26,28H,4-8,10-20,23H2,1-3H3/b27-9-,32-30?. The van der Waals surface area contributed by atoms with Gasteiger partial charge in [-0.3, -0.25) is 9.79 Å². The number of likely N-dealkylation sites (tertiary alicyclic amines) is 2. The summed E-state index contributed by atoms with van der Waals surface area (Å²) >= 11 is 0. The van der Waals surface area contributed by atoms with Crippen LogP contribution >= 0.6 is 0 Å². The van der Waals surface area contributed by atoms with E-state index in [-0.39, 0.29) is 6.10 Å². The number of hydrogen-bond donors (Lipinski definition) is 0. The lowest BCUT2D eigenvalue weighted by molar-refractivity contribution is -0.135. The first-order valence-corrected chi connectivity index (χ1v) is 14.9. The van der Waals surface area contributed by atoms with Crippen molar-refractivity contribution in [3.63, 3.8) is 0 Å². The van der Waals surface area contributed by atoms with Gasteiger partial charge in [0.25, 0.3) is 0 Å². The van der Waals surface area contributed by atoms with E-state index >= 15 is 0 Å². The van der Waals surface area contributed by atoms with Crippen molar-refractivity contribution >= 4 is 11.6 Å². The molecule has 0 spiro atoms. The van der Waals surface area contributed by atoms with E-state index in [1.807, 2.05) is 7.05 Å². The lowest BCUT2D eigenvalue weighted by Gasteiger charge is -2.37. The van der Waals surface area contributed by atoms with E-state index < -0.39 is 0 Å². The van der Waals surface area contributed by atoms with Crippen LogP contribution in [-0.2, 0) is 9.53 Å². The first kappa shape index (κ1) is 27.2. The summed E-state index contributed by atoms with van der Waals surface area (Å²) in [5.41, 5.74) is 3.61. The number of aliphatic imine (C=N–C) groups is 1. The van der Waals surface area contributed by atoms with Gasteiger partial charge in [0, 0.05) is 45.7 Å². The average Bonchev–Trinajstić information content (AvgIpc) is 3.44. The molecular weight excluding hydrogens is 446 g/mol. The Bertz CT molecular complexity index is 849. The number of ether oxygens (including phenoxy) is 1. The molecule has 0 unspecified atom stereocenters. The third-order valence-electron chi connectivity index (χ3n) is 8.59. The number of carbonyl (C=O) groups is 1. The van der Waals surface area contributed by atoms with Gasteiger partial charge in [-0.25, -0.2) is 0 Å². The van der Waals surface area contributed by atoms with Gasteiger partial charge in [0.15, 0.2) is 0 Å². The molecule has 1 saturated carbocycles. The molecule has 0 aromatic rings. The van der Waals surface area contributed by atoms with Gasteiger partial charge in [0.1, 0.15) is 17.6 Å². The van der Waals surface area contributed by atoms with Crippen molar-refractivity contribution in [1.82, 2.24) is 9.80 Å². The first-order chi connectivity index (χ1) is 17.6. The van der Waals surface area contributed by atoms with Gasteiger partial charge in [-0.15, -0.1) is 0 Å². The molecule has 4 aliphatic rings. The van der Waals surface area contributed by atoms with Crippen LogP contribution in [0.4, 0.5) is 0 Å². The number of unbranched alkanes of at least 4 members (excludes halogenated alkanes) is 1. The number of hydrogen-bond acceptors (Lipinski definition) is 4. The Labute approximate surface area is 219 Å². The van der Waals surface area contributed by atoms with Gasteiger partial charge in [-0.05, 0) is 99.8 Å². The van der Waals surface area contributed by atoms with E-state index in [2.05, 4.69) is 46.9 Å². The molecule has 5 nitrogen and oxygen atoms in total. The van der Waals surface area contributed by atoms with Crippen molar-refractivity contribution in [2.24, 2.45) is 16.8 Å². The van der Waals surface area contributed by atoms with E-state index in [1.165, 1.54) is 56.2 Å². The van der Waals surface area contributed by atoms with Crippen LogP contribution in [0.3, 0.4) is 0 Å². The Morgan fingerprint density at radius 1 is 1.03 bits per heavy atom. The van der Waals surface area contributed by atoms with E-state index in [0.717, 1.165) is 82.1 Å². The van der Waals surface area contributed by atoms with E-state index in [4.69, 9.17) is 4.74 Å². The third-order valence-corrected chi connectivity index (χ3v) is 8.59. The number of rotatable bonds is 9. The molecule has 0 bridgehead atoms. The topological polar surface area (TPSA) is 45.1 Å². The molecule has 0 N–H and O–H groups in total. The maximum atomic E-state index is 12.8. The summed E-state index contributed by atoms with van der Waals surface area (Å²) in [6, 6.07) is 0. The van der Waals surface area contributed by atoms with Gasteiger partial charge >= 0.3 is 0 Å². The van der Waals surface area contributed by atoms with E-state index in [9.17, 15) is 4.79 Å². The van der Waals surface area contributed by atoms with Crippen molar-refractivity contribution in [3.05, 3.63) is 35.1 Å². The summed E-state index contributed by atoms with van der Waals surface area (Å²) in [5, 5.41) is 0. The average molecular weight is 496 g/mol. The number of carbonyl (C=O) groups excluding carboxylic acids is 1. The minimum absolute atomic E-state index is 0.270.